The van der Waals surface area contributed by atoms with Crippen molar-refractivity contribution >= 4 is 39.5 Å². The number of rotatable bonds is 4. The van der Waals surface area contributed by atoms with Gasteiger partial charge in [0.2, 0.25) is 5.82 Å². The number of non-ortho nitro benzene ring substituents is 1. The van der Waals surface area contributed by atoms with Gasteiger partial charge < -0.3 is 19.9 Å². The second-order valence-corrected chi connectivity index (χ2v) is 7.03. The molecular weight excluding hydrogens is 388 g/mol. The smallest absolute Gasteiger partial charge is 0.358 e. The van der Waals surface area contributed by atoms with Crippen LogP contribution in [0.4, 0.5) is 17.3 Å². The lowest BCUT2D eigenvalue weighted by molar-refractivity contribution is -0.389. The number of nitro benzene ring substituents is 1. The van der Waals surface area contributed by atoms with E-state index < -0.39 is 9.85 Å². The molecule has 144 valence electrons. The fourth-order valence-corrected chi connectivity index (χ4v) is 3.88. The Labute approximate surface area is 161 Å². The number of anilines is 1. The molecule has 2 aromatic heterocycles. The van der Waals surface area contributed by atoms with E-state index in [0.29, 0.717) is 42.5 Å². The number of piperazine rings is 1. The summed E-state index contributed by atoms with van der Waals surface area (Å²) in [6.45, 7) is 1.56. The van der Waals surface area contributed by atoms with Gasteiger partial charge in [-0.2, -0.15) is 9.38 Å². The van der Waals surface area contributed by atoms with Crippen molar-refractivity contribution in [3.05, 3.63) is 61.6 Å². The summed E-state index contributed by atoms with van der Waals surface area (Å²) < 4.78 is 1.45. The van der Waals surface area contributed by atoms with Crippen LogP contribution in [-0.4, -0.2) is 56.2 Å². The van der Waals surface area contributed by atoms with Crippen molar-refractivity contribution in [2.24, 2.45) is 0 Å². The van der Waals surface area contributed by atoms with E-state index in [1.807, 2.05) is 0 Å². The highest BCUT2D eigenvalue weighted by Crippen LogP contribution is 2.31. The maximum Gasteiger partial charge on any atom is 0.373 e. The Bertz CT molecular complexity index is 1070. The standard InChI is InChI=1S/C16H14N6O5S/c23-15(11-1-3-12(4-2-11)21(24)25)19-7-5-18(6-8-19)13-14(22(26)27)20-9-10-28-16(20)17-13/h1-4,9-10H,5-8H2. The first-order valence-electron chi connectivity index (χ1n) is 8.34. The van der Waals surface area contributed by atoms with Gasteiger partial charge in [0.25, 0.3) is 16.6 Å². The molecule has 0 radical (unpaired) electrons. The molecule has 0 aliphatic carbocycles. The van der Waals surface area contributed by atoms with Gasteiger partial charge in [0, 0.05) is 49.3 Å². The van der Waals surface area contributed by atoms with Crippen molar-refractivity contribution in [3.63, 3.8) is 0 Å². The molecule has 4 rings (SSSR count). The van der Waals surface area contributed by atoms with Crippen LogP contribution in [0.15, 0.2) is 35.8 Å². The summed E-state index contributed by atoms with van der Waals surface area (Å²) in [4.78, 5) is 42.2. The number of hydrogen-bond acceptors (Lipinski definition) is 8. The summed E-state index contributed by atoms with van der Waals surface area (Å²) in [5.74, 6) is 0.000511. The molecule has 1 aromatic carbocycles. The minimum absolute atomic E-state index is 0.0755. The molecule has 3 aromatic rings. The van der Waals surface area contributed by atoms with Gasteiger partial charge in [0.15, 0.2) is 0 Å². The van der Waals surface area contributed by atoms with E-state index in [0.717, 1.165) is 0 Å². The predicted octanol–water partition coefficient (Wildman–Crippen LogP) is 2.17. The SMILES string of the molecule is O=C(c1ccc([N+](=O)[O-])cc1)N1CCN(c2nc3sccn3c2[N+](=O)[O-])CC1. The molecule has 1 amide bonds. The van der Waals surface area contributed by atoms with Gasteiger partial charge in [-0.25, -0.2) is 0 Å². The van der Waals surface area contributed by atoms with E-state index >= 15 is 0 Å². The number of hydrogen-bond donors (Lipinski definition) is 0. The number of benzene rings is 1. The van der Waals surface area contributed by atoms with Gasteiger partial charge in [0.1, 0.15) is 6.20 Å². The van der Waals surface area contributed by atoms with Gasteiger partial charge in [-0.1, -0.05) is 11.3 Å². The number of nitro groups is 2. The van der Waals surface area contributed by atoms with E-state index in [9.17, 15) is 25.0 Å². The average Bonchev–Trinajstić information content (AvgIpc) is 3.28. The molecule has 12 heteroatoms. The highest BCUT2D eigenvalue weighted by Gasteiger charge is 2.31. The lowest BCUT2D eigenvalue weighted by atomic mass is 10.1. The molecule has 28 heavy (non-hydrogen) atoms. The van der Waals surface area contributed by atoms with Gasteiger partial charge in [0.05, 0.1) is 4.92 Å². The van der Waals surface area contributed by atoms with Crippen LogP contribution in [0.1, 0.15) is 10.4 Å². The molecule has 0 saturated carbocycles. The molecule has 0 unspecified atom stereocenters. The van der Waals surface area contributed by atoms with Gasteiger partial charge in [-0.3, -0.25) is 14.9 Å². The lowest BCUT2D eigenvalue weighted by Crippen LogP contribution is -2.49. The largest absolute Gasteiger partial charge is 0.373 e. The first-order chi connectivity index (χ1) is 13.5. The number of nitrogens with zero attached hydrogens (tertiary/aromatic N) is 6. The Morgan fingerprint density at radius 2 is 1.71 bits per heavy atom. The molecule has 0 spiro atoms. The van der Waals surface area contributed by atoms with Gasteiger partial charge in [-0.05, 0) is 17.1 Å². The maximum atomic E-state index is 12.6. The first-order valence-corrected chi connectivity index (χ1v) is 9.22. The number of fused-ring (bicyclic) bond motifs is 1. The van der Waals surface area contributed by atoms with Crippen LogP contribution in [-0.2, 0) is 0 Å². The van der Waals surface area contributed by atoms with Crippen molar-refractivity contribution < 1.29 is 14.6 Å². The quantitative estimate of drug-likeness (QED) is 0.483. The third-order valence-electron chi connectivity index (χ3n) is 4.58. The second kappa shape index (κ2) is 6.88. The van der Waals surface area contributed by atoms with E-state index in [1.165, 1.54) is 40.0 Å². The molecule has 0 N–H and O–H groups in total. The fourth-order valence-electron chi connectivity index (χ4n) is 3.17. The monoisotopic (exact) mass is 402 g/mol. The molecule has 3 heterocycles. The highest BCUT2D eigenvalue weighted by molar-refractivity contribution is 7.15. The molecule has 1 fully saturated rings. The van der Waals surface area contributed by atoms with Crippen LogP contribution in [0, 0.1) is 20.2 Å². The zero-order valence-corrected chi connectivity index (χ0v) is 15.2. The molecule has 0 bridgehead atoms. The zero-order chi connectivity index (χ0) is 19.8. The molecule has 1 aliphatic rings. The second-order valence-electron chi connectivity index (χ2n) is 6.15. The third kappa shape index (κ3) is 3.03. The lowest BCUT2D eigenvalue weighted by Gasteiger charge is -2.34. The predicted molar refractivity (Wildman–Crippen MR) is 101 cm³/mol. The minimum Gasteiger partial charge on any atom is -0.358 e. The van der Waals surface area contributed by atoms with Crippen molar-refractivity contribution in [3.8, 4) is 0 Å². The van der Waals surface area contributed by atoms with E-state index in [-0.39, 0.29) is 17.4 Å². The Kier molecular flexibility index (Phi) is 4.39. The molecule has 0 atom stereocenters. The number of thiazole rings is 1. The summed E-state index contributed by atoms with van der Waals surface area (Å²) >= 11 is 1.32. The van der Waals surface area contributed by atoms with Crippen LogP contribution in [0.3, 0.4) is 0 Å². The Balaban J connectivity index is 1.48. The fraction of sp³-hybridized carbons (Fsp3) is 0.250. The number of aromatic nitrogens is 2. The number of imidazole rings is 1. The summed E-state index contributed by atoms with van der Waals surface area (Å²) in [6, 6.07) is 5.46. The van der Waals surface area contributed by atoms with Crippen molar-refractivity contribution in [2.75, 3.05) is 31.1 Å². The van der Waals surface area contributed by atoms with E-state index in [4.69, 9.17) is 0 Å². The maximum absolute atomic E-state index is 12.6. The highest BCUT2D eigenvalue weighted by atomic mass is 32.1. The summed E-state index contributed by atoms with van der Waals surface area (Å²) in [7, 11) is 0. The summed E-state index contributed by atoms with van der Waals surface area (Å²) in [5.41, 5.74) is 0.293. The summed E-state index contributed by atoms with van der Waals surface area (Å²) in [6.07, 6.45) is 1.61. The Hall–Kier alpha value is -3.54. The van der Waals surface area contributed by atoms with E-state index in [2.05, 4.69) is 4.98 Å². The van der Waals surface area contributed by atoms with Gasteiger partial charge in [-0.15, -0.1) is 0 Å². The molecule has 11 nitrogen and oxygen atoms in total. The Morgan fingerprint density at radius 1 is 1.04 bits per heavy atom. The topological polar surface area (TPSA) is 127 Å². The molecule has 1 aliphatic heterocycles. The number of carbonyl (C=O) groups is 1. The van der Waals surface area contributed by atoms with Crippen LogP contribution in [0.2, 0.25) is 0 Å². The number of amides is 1. The number of carbonyl (C=O) groups excluding carboxylic acids is 1. The molecule has 1 saturated heterocycles. The van der Waals surface area contributed by atoms with Crippen LogP contribution >= 0.6 is 11.3 Å². The Morgan fingerprint density at radius 3 is 2.32 bits per heavy atom. The normalized spacial score (nSPS) is 14.4. The average molecular weight is 402 g/mol. The van der Waals surface area contributed by atoms with Crippen LogP contribution < -0.4 is 4.90 Å². The van der Waals surface area contributed by atoms with E-state index in [1.54, 1.807) is 21.4 Å². The zero-order valence-electron chi connectivity index (χ0n) is 14.4. The minimum atomic E-state index is -0.518. The van der Waals surface area contributed by atoms with Crippen molar-refractivity contribution in [1.29, 1.82) is 0 Å². The van der Waals surface area contributed by atoms with Crippen molar-refractivity contribution in [1.82, 2.24) is 14.3 Å². The van der Waals surface area contributed by atoms with Crippen LogP contribution in [0.5, 0.6) is 0 Å². The van der Waals surface area contributed by atoms with Gasteiger partial charge >= 0.3 is 5.82 Å². The molecular formula is C16H14N6O5S. The third-order valence-corrected chi connectivity index (χ3v) is 5.34. The summed E-state index contributed by atoms with van der Waals surface area (Å²) in [5, 5.41) is 23.9. The van der Waals surface area contributed by atoms with Crippen molar-refractivity contribution in [2.45, 2.75) is 0 Å². The van der Waals surface area contributed by atoms with Crippen LogP contribution in [0.25, 0.3) is 4.96 Å². The first kappa shape index (κ1) is 17.9.